The maximum atomic E-state index is 13.0. The van der Waals surface area contributed by atoms with Gasteiger partial charge in [-0.05, 0) is 48.9 Å². The lowest BCUT2D eigenvalue weighted by Crippen LogP contribution is -2.36. The number of halogens is 1. The van der Waals surface area contributed by atoms with Gasteiger partial charge in [0, 0.05) is 18.4 Å². The molecule has 0 N–H and O–H groups in total. The third-order valence-corrected chi connectivity index (χ3v) is 4.15. The lowest BCUT2D eigenvalue weighted by molar-refractivity contribution is 0.0986. The first-order valence-electron chi connectivity index (χ1n) is 8.41. The highest BCUT2D eigenvalue weighted by molar-refractivity contribution is 6.05. The van der Waals surface area contributed by atoms with E-state index in [9.17, 15) is 14.0 Å². The zero-order valence-corrected chi connectivity index (χ0v) is 14.4. The Morgan fingerprint density at radius 2 is 1.69 bits per heavy atom. The molecule has 132 valence electrons. The molecule has 1 amide bonds. The Balaban J connectivity index is 1.92. The number of hydrogen-bond donors (Lipinski definition) is 0. The van der Waals surface area contributed by atoms with E-state index in [1.165, 1.54) is 22.8 Å². The predicted molar refractivity (Wildman–Crippen MR) is 100.0 cm³/mol. The van der Waals surface area contributed by atoms with Crippen molar-refractivity contribution in [3.8, 4) is 0 Å². The van der Waals surface area contributed by atoms with Crippen molar-refractivity contribution in [2.24, 2.45) is 0 Å². The number of carbonyl (C=O) groups excluding carboxylic acids is 1. The number of nitrogens with zero attached hydrogens (tertiary/aromatic N) is 2. The van der Waals surface area contributed by atoms with Crippen LogP contribution in [0.25, 0.3) is 0 Å². The highest BCUT2D eigenvalue weighted by Gasteiger charge is 2.19. The predicted octanol–water partition coefficient (Wildman–Crippen LogP) is 3.70. The van der Waals surface area contributed by atoms with E-state index >= 15 is 0 Å². The molecule has 3 aromatic rings. The Morgan fingerprint density at radius 3 is 2.35 bits per heavy atom. The summed E-state index contributed by atoms with van der Waals surface area (Å²) < 4.78 is 14.5. The van der Waals surface area contributed by atoms with Crippen LogP contribution in [0, 0.1) is 5.82 Å². The summed E-state index contributed by atoms with van der Waals surface area (Å²) in [5.41, 5.74) is 1.28. The molecule has 5 heteroatoms. The number of hydrogen-bond acceptors (Lipinski definition) is 2. The molecule has 0 fully saturated rings. The van der Waals surface area contributed by atoms with Gasteiger partial charge in [-0.15, -0.1) is 0 Å². The molecule has 2 aromatic carbocycles. The molecule has 0 saturated carbocycles. The smallest absolute Gasteiger partial charge is 0.263 e. The summed E-state index contributed by atoms with van der Waals surface area (Å²) in [4.78, 5) is 27.3. The van der Waals surface area contributed by atoms with E-state index < -0.39 is 0 Å². The summed E-state index contributed by atoms with van der Waals surface area (Å²) >= 11 is 0. The van der Waals surface area contributed by atoms with Gasteiger partial charge in [0.05, 0.1) is 6.54 Å². The van der Waals surface area contributed by atoms with Gasteiger partial charge >= 0.3 is 0 Å². The Morgan fingerprint density at radius 1 is 1.00 bits per heavy atom. The molecule has 0 atom stereocenters. The maximum Gasteiger partial charge on any atom is 0.263 e. The van der Waals surface area contributed by atoms with Crippen LogP contribution in [0.15, 0.2) is 77.7 Å². The van der Waals surface area contributed by atoms with E-state index in [-0.39, 0.29) is 29.4 Å². The Bertz CT molecular complexity index is 950. The van der Waals surface area contributed by atoms with Crippen molar-refractivity contribution in [1.29, 1.82) is 0 Å². The number of aromatic nitrogens is 1. The normalized spacial score (nSPS) is 10.5. The lowest BCUT2D eigenvalue weighted by Gasteiger charge is -2.21. The number of rotatable bonds is 5. The summed E-state index contributed by atoms with van der Waals surface area (Å²) in [6, 6.07) is 18.4. The Labute approximate surface area is 151 Å². The molecule has 26 heavy (non-hydrogen) atoms. The molecular formula is C21H19FN2O2. The number of carbonyl (C=O) groups is 1. The topological polar surface area (TPSA) is 42.3 Å². The van der Waals surface area contributed by atoms with Gasteiger partial charge < -0.3 is 9.47 Å². The average molecular weight is 350 g/mol. The van der Waals surface area contributed by atoms with Crippen molar-refractivity contribution >= 4 is 11.6 Å². The van der Waals surface area contributed by atoms with Crippen LogP contribution in [0.5, 0.6) is 0 Å². The van der Waals surface area contributed by atoms with Crippen molar-refractivity contribution < 1.29 is 9.18 Å². The second-order valence-electron chi connectivity index (χ2n) is 5.87. The van der Waals surface area contributed by atoms with Crippen LogP contribution in [0.4, 0.5) is 10.1 Å². The summed E-state index contributed by atoms with van der Waals surface area (Å²) in [5, 5.41) is 0. The number of para-hydroxylation sites is 1. The van der Waals surface area contributed by atoms with Gasteiger partial charge in [-0.2, -0.15) is 0 Å². The first-order valence-corrected chi connectivity index (χ1v) is 8.41. The number of anilines is 1. The van der Waals surface area contributed by atoms with E-state index in [0.29, 0.717) is 6.54 Å². The zero-order valence-electron chi connectivity index (χ0n) is 14.4. The average Bonchev–Trinajstić information content (AvgIpc) is 2.66. The highest BCUT2D eigenvalue weighted by atomic mass is 19.1. The first-order chi connectivity index (χ1) is 12.6. The molecule has 0 aliphatic carbocycles. The standard InChI is InChI=1S/C21H19FN2O2/c1-2-24(18-7-4-3-5-8-18)21(26)19-9-6-14-23(20(19)25)15-16-10-12-17(22)13-11-16/h3-14H,2,15H2,1H3. The summed E-state index contributed by atoms with van der Waals surface area (Å²) in [7, 11) is 0. The maximum absolute atomic E-state index is 13.0. The van der Waals surface area contributed by atoms with Gasteiger partial charge in [0.25, 0.3) is 11.5 Å². The molecule has 0 radical (unpaired) electrons. The van der Waals surface area contributed by atoms with Crippen LogP contribution in [0.1, 0.15) is 22.8 Å². The molecule has 4 nitrogen and oxygen atoms in total. The van der Waals surface area contributed by atoms with Gasteiger partial charge in [0.15, 0.2) is 0 Å². The van der Waals surface area contributed by atoms with E-state index in [4.69, 9.17) is 0 Å². The van der Waals surface area contributed by atoms with Gasteiger partial charge in [-0.3, -0.25) is 9.59 Å². The molecule has 0 aliphatic rings. The Kier molecular flexibility index (Phi) is 5.27. The van der Waals surface area contributed by atoms with E-state index in [2.05, 4.69) is 0 Å². The number of pyridine rings is 1. The zero-order chi connectivity index (χ0) is 18.5. The Hall–Kier alpha value is -3.21. The van der Waals surface area contributed by atoms with Crippen molar-refractivity contribution in [2.45, 2.75) is 13.5 Å². The molecule has 1 heterocycles. The molecular weight excluding hydrogens is 331 g/mol. The van der Waals surface area contributed by atoms with Crippen molar-refractivity contribution in [2.75, 3.05) is 11.4 Å². The minimum atomic E-state index is -0.365. The fraction of sp³-hybridized carbons (Fsp3) is 0.143. The molecule has 0 spiro atoms. The van der Waals surface area contributed by atoms with Gasteiger partial charge in [-0.25, -0.2) is 4.39 Å². The second kappa shape index (κ2) is 7.78. The molecule has 0 aliphatic heterocycles. The van der Waals surface area contributed by atoms with E-state index in [1.807, 2.05) is 37.3 Å². The summed E-state index contributed by atoms with van der Waals surface area (Å²) in [6.07, 6.45) is 1.63. The number of benzene rings is 2. The monoisotopic (exact) mass is 350 g/mol. The van der Waals surface area contributed by atoms with Crippen molar-refractivity contribution in [1.82, 2.24) is 4.57 Å². The van der Waals surface area contributed by atoms with Crippen LogP contribution in [0.3, 0.4) is 0 Å². The molecule has 0 saturated heterocycles. The van der Waals surface area contributed by atoms with Crippen LogP contribution in [-0.2, 0) is 6.54 Å². The molecule has 0 bridgehead atoms. The van der Waals surface area contributed by atoms with Gasteiger partial charge in [-0.1, -0.05) is 30.3 Å². The minimum Gasteiger partial charge on any atom is -0.310 e. The SMILES string of the molecule is CCN(C(=O)c1cccn(Cc2ccc(F)cc2)c1=O)c1ccccc1. The molecule has 0 unspecified atom stereocenters. The van der Waals surface area contributed by atoms with Crippen LogP contribution in [-0.4, -0.2) is 17.0 Å². The third kappa shape index (κ3) is 3.72. The molecule has 1 aromatic heterocycles. The van der Waals surface area contributed by atoms with Gasteiger partial charge in [0.2, 0.25) is 0 Å². The quantitative estimate of drug-likeness (QED) is 0.704. The number of amides is 1. The fourth-order valence-electron chi connectivity index (χ4n) is 2.81. The van der Waals surface area contributed by atoms with Crippen molar-refractivity contribution in [3.05, 3.63) is 100 Å². The van der Waals surface area contributed by atoms with Crippen LogP contribution >= 0.6 is 0 Å². The third-order valence-electron chi connectivity index (χ3n) is 4.15. The van der Waals surface area contributed by atoms with E-state index in [1.54, 1.807) is 29.3 Å². The summed E-state index contributed by atoms with van der Waals surface area (Å²) in [5.74, 6) is -0.663. The second-order valence-corrected chi connectivity index (χ2v) is 5.87. The van der Waals surface area contributed by atoms with Crippen LogP contribution < -0.4 is 10.5 Å². The fourth-order valence-corrected chi connectivity index (χ4v) is 2.81. The largest absolute Gasteiger partial charge is 0.310 e. The van der Waals surface area contributed by atoms with Crippen LogP contribution in [0.2, 0.25) is 0 Å². The van der Waals surface area contributed by atoms with Crippen molar-refractivity contribution in [3.63, 3.8) is 0 Å². The van der Waals surface area contributed by atoms with Gasteiger partial charge in [0.1, 0.15) is 11.4 Å². The summed E-state index contributed by atoms with van der Waals surface area (Å²) in [6.45, 7) is 2.59. The van der Waals surface area contributed by atoms with E-state index in [0.717, 1.165) is 11.3 Å². The first kappa shape index (κ1) is 17.6. The molecule has 3 rings (SSSR count). The lowest BCUT2D eigenvalue weighted by atomic mass is 10.2. The highest BCUT2D eigenvalue weighted by Crippen LogP contribution is 2.15. The minimum absolute atomic E-state index is 0.111.